The van der Waals surface area contributed by atoms with Crippen LogP contribution in [0.3, 0.4) is 0 Å². The normalized spacial score (nSPS) is 11.4. The Morgan fingerprint density at radius 1 is 1.35 bits per heavy atom. The smallest absolute Gasteiger partial charge is 0.163 e. The van der Waals surface area contributed by atoms with Gasteiger partial charge in [-0.25, -0.2) is 9.97 Å². The van der Waals surface area contributed by atoms with Crippen molar-refractivity contribution >= 4 is 28.6 Å². The molecule has 2 aromatic heterocycles. The molecule has 0 radical (unpaired) electrons. The van der Waals surface area contributed by atoms with Crippen LogP contribution in [0.4, 0.5) is 5.82 Å². The molecule has 20 heavy (non-hydrogen) atoms. The molecule has 2 heterocycles. The molecule has 0 spiro atoms. The zero-order valence-corrected chi connectivity index (χ0v) is 13.4. The molecule has 1 N–H and O–H groups in total. The molecule has 0 atom stereocenters. The number of nitrogens with zero attached hydrogens (tertiary/aromatic N) is 5. The quantitative estimate of drug-likeness (QED) is 0.783. The highest BCUT2D eigenvalue weighted by Crippen LogP contribution is 2.21. The average molecular weight is 294 g/mol. The van der Waals surface area contributed by atoms with E-state index in [1.165, 1.54) is 0 Å². The maximum Gasteiger partial charge on any atom is 0.163 e. The van der Waals surface area contributed by atoms with Crippen LogP contribution in [0.2, 0.25) is 0 Å². The second-order valence-corrected chi connectivity index (χ2v) is 5.99. The summed E-state index contributed by atoms with van der Waals surface area (Å²) in [5.74, 6) is 3.65. The van der Waals surface area contributed by atoms with E-state index in [9.17, 15) is 0 Å². The largest absolute Gasteiger partial charge is 0.370 e. The molecule has 2 aromatic rings. The monoisotopic (exact) mass is 294 g/mol. The maximum atomic E-state index is 4.61. The minimum absolute atomic E-state index is 0.827. The third-order valence-corrected chi connectivity index (χ3v) is 3.83. The van der Waals surface area contributed by atoms with Crippen LogP contribution in [-0.4, -0.2) is 57.6 Å². The SMILES string of the molecule is CCNc1nc(CSCCN(C)C)nc2c1cnn2C. The van der Waals surface area contributed by atoms with Crippen LogP contribution in [0.5, 0.6) is 0 Å². The summed E-state index contributed by atoms with van der Waals surface area (Å²) in [6.45, 7) is 3.97. The Hall–Kier alpha value is -1.34. The Morgan fingerprint density at radius 2 is 2.15 bits per heavy atom. The molecule has 7 heteroatoms. The van der Waals surface area contributed by atoms with Gasteiger partial charge in [0, 0.05) is 25.9 Å². The lowest BCUT2D eigenvalue weighted by Gasteiger charge is -2.09. The van der Waals surface area contributed by atoms with Gasteiger partial charge in [0.25, 0.3) is 0 Å². The molecule has 6 nitrogen and oxygen atoms in total. The highest BCUT2D eigenvalue weighted by atomic mass is 32.2. The predicted molar refractivity (Wildman–Crippen MR) is 85.2 cm³/mol. The summed E-state index contributed by atoms with van der Waals surface area (Å²) < 4.78 is 1.80. The van der Waals surface area contributed by atoms with Crippen molar-refractivity contribution in [3.05, 3.63) is 12.0 Å². The van der Waals surface area contributed by atoms with Gasteiger partial charge in [-0.05, 0) is 21.0 Å². The van der Waals surface area contributed by atoms with Crippen LogP contribution in [0.15, 0.2) is 6.20 Å². The van der Waals surface area contributed by atoms with Crippen molar-refractivity contribution in [1.29, 1.82) is 0 Å². The minimum Gasteiger partial charge on any atom is -0.370 e. The van der Waals surface area contributed by atoms with Gasteiger partial charge in [-0.15, -0.1) is 0 Å². The number of thioether (sulfide) groups is 1. The minimum atomic E-state index is 0.827. The summed E-state index contributed by atoms with van der Waals surface area (Å²) in [6, 6.07) is 0. The van der Waals surface area contributed by atoms with E-state index in [0.717, 1.165) is 47.3 Å². The fourth-order valence-electron chi connectivity index (χ4n) is 1.84. The average Bonchev–Trinajstić information content (AvgIpc) is 2.77. The predicted octanol–water partition coefficient (Wildman–Crippen LogP) is 1.59. The van der Waals surface area contributed by atoms with Gasteiger partial charge >= 0.3 is 0 Å². The van der Waals surface area contributed by atoms with Gasteiger partial charge in [-0.1, -0.05) is 0 Å². The van der Waals surface area contributed by atoms with Gasteiger partial charge in [-0.2, -0.15) is 16.9 Å². The van der Waals surface area contributed by atoms with Gasteiger partial charge in [0.1, 0.15) is 11.6 Å². The van der Waals surface area contributed by atoms with Crippen molar-refractivity contribution in [2.75, 3.05) is 38.3 Å². The lowest BCUT2D eigenvalue weighted by Crippen LogP contribution is -2.15. The second kappa shape index (κ2) is 6.90. The molecule has 0 fully saturated rings. The van der Waals surface area contributed by atoms with Gasteiger partial charge in [0.05, 0.1) is 17.3 Å². The molecule has 0 aromatic carbocycles. The molecule has 2 rings (SSSR count). The van der Waals surface area contributed by atoms with Crippen LogP contribution in [0.25, 0.3) is 11.0 Å². The Kier molecular flexibility index (Phi) is 5.19. The van der Waals surface area contributed by atoms with Gasteiger partial charge in [-0.3, -0.25) is 4.68 Å². The number of nitrogens with one attached hydrogen (secondary N) is 1. The number of rotatable bonds is 7. The number of aromatic nitrogens is 4. The van der Waals surface area contributed by atoms with Crippen molar-refractivity contribution < 1.29 is 0 Å². The first kappa shape index (κ1) is 15.1. The van der Waals surface area contributed by atoms with Crippen molar-refractivity contribution in [1.82, 2.24) is 24.6 Å². The summed E-state index contributed by atoms with van der Waals surface area (Å²) in [7, 11) is 6.08. The molecule has 0 aliphatic rings. The van der Waals surface area contributed by atoms with Crippen molar-refractivity contribution in [3.63, 3.8) is 0 Å². The van der Waals surface area contributed by atoms with Crippen LogP contribution in [0.1, 0.15) is 12.7 Å². The first-order chi connectivity index (χ1) is 9.61. The van der Waals surface area contributed by atoms with Crippen molar-refractivity contribution in [2.24, 2.45) is 7.05 Å². The molecule has 0 unspecified atom stereocenters. The summed E-state index contributed by atoms with van der Waals surface area (Å²) in [5, 5.41) is 8.53. The number of fused-ring (bicyclic) bond motifs is 1. The van der Waals surface area contributed by atoms with E-state index in [2.05, 4.69) is 46.3 Å². The van der Waals surface area contributed by atoms with E-state index >= 15 is 0 Å². The number of aryl methyl sites for hydroxylation is 1. The topological polar surface area (TPSA) is 58.9 Å². The highest BCUT2D eigenvalue weighted by molar-refractivity contribution is 7.98. The molecular weight excluding hydrogens is 272 g/mol. The van der Waals surface area contributed by atoms with Crippen molar-refractivity contribution in [2.45, 2.75) is 12.7 Å². The Labute approximate surface area is 124 Å². The summed E-state index contributed by atoms with van der Waals surface area (Å²) in [5.41, 5.74) is 0.888. The first-order valence-electron chi connectivity index (χ1n) is 6.76. The second-order valence-electron chi connectivity index (χ2n) is 4.88. The van der Waals surface area contributed by atoms with E-state index in [-0.39, 0.29) is 0 Å². The first-order valence-corrected chi connectivity index (χ1v) is 7.92. The Bertz CT molecular complexity index is 565. The zero-order valence-electron chi connectivity index (χ0n) is 12.6. The third kappa shape index (κ3) is 3.61. The summed E-state index contributed by atoms with van der Waals surface area (Å²) >= 11 is 1.85. The fourth-order valence-corrected chi connectivity index (χ4v) is 2.79. The number of anilines is 1. The summed E-state index contributed by atoms with van der Waals surface area (Å²) in [4.78, 5) is 11.4. The molecular formula is C13H22N6S. The molecule has 0 saturated carbocycles. The van der Waals surface area contributed by atoms with Crippen LogP contribution in [0, 0.1) is 0 Å². The standard InChI is InChI=1S/C13H22N6S/c1-5-14-12-10-8-15-19(4)13(10)17-11(16-12)9-20-7-6-18(2)3/h8H,5-7,9H2,1-4H3,(H,14,16,17). The lowest BCUT2D eigenvalue weighted by molar-refractivity contribution is 0.437. The van der Waals surface area contributed by atoms with E-state index in [1.807, 2.05) is 25.0 Å². The molecule has 0 bridgehead atoms. The van der Waals surface area contributed by atoms with Crippen molar-refractivity contribution in [3.8, 4) is 0 Å². The third-order valence-electron chi connectivity index (χ3n) is 2.90. The van der Waals surface area contributed by atoms with Gasteiger partial charge < -0.3 is 10.2 Å². The van der Waals surface area contributed by atoms with Crippen LogP contribution in [-0.2, 0) is 12.8 Å². The Morgan fingerprint density at radius 3 is 2.85 bits per heavy atom. The molecule has 0 aliphatic carbocycles. The van der Waals surface area contributed by atoms with E-state index in [4.69, 9.17) is 0 Å². The van der Waals surface area contributed by atoms with E-state index in [1.54, 1.807) is 4.68 Å². The van der Waals surface area contributed by atoms with Gasteiger partial charge in [0.15, 0.2) is 5.65 Å². The molecule has 0 aliphatic heterocycles. The fraction of sp³-hybridized carbons (Fsp3) is 0.615. The highest BCUT2D eigenvalue weighted by Gasteiger charge is 2.10. The molecule has 110 valence electrons. The number of hydrogen-bond acceptors (Lipinski definition) is 6. The summed E-state index contributed by atoms with van der Waals surface area (Å²) in [6.07, 6.45) is 1.82. The van der Waals surface area contributed by atoms with Gasteiger partial charge in [0.2, 0.25) is 0 Å². The van der Waals surface area contributed by atoms with E-state index < -0.39 is 0 Å². The lowest BCUT2D eigenvalue weighted by atomic mass is 10.4. The molecule has 0 saturated heterocycles. The van der Waals surface area contributed by atoms with Crippen LogP contribution >= 0.6 is 11.8 Å². The van der Waals surface area contributed by atoms with Crippen LogP contribution < -0.4 is 5.32 Å². The zero-order chi connectivity index (χ0) is 14.5. The molecule has 0 amide bonds. The van der Waals surface area contributed by atoms with E-state index in [0.29, 0.717) is 0 Å². The maximum absolute atomic E-state index is 4.61. The number of hydrogen-bond donors (Lipinski definition) is 1. The Balaban J connectivity index is 2.14.